The average molecular weight is 354 g/mol. The molecule has 0 amide bonds. The normalized spacial score (nSPS) is 18.8. The molecule has 8 nitrogen and oxygen atoms in total. The number of rotatable bonds is 4. The molecule has 25 heavy (non-hydrogen) atoms. The molecule has 2 N–H and O–H groups in total. The number of anilines is 3. The molecular weight excluding hydrogens is 336 g/mol. The zero-order valence-electron chi connectivity index (χ0n) is 14.2. The monoisotopic (exact) mass is 354 g/mol. The summed E-state index contributed by atoms with van der Waals surface area (Å²) in [6.45, 7) is 4.66. The third-order valence-corrected chi connectivity index (χ3v) is 4.59. The van der Waals surface area contributed by atoms with Gasteiger partial charge in [-0.05, 0) is 32.1 Å². The van der Waals surface area contributed by atoms with Gasteiger partial charge in [-0.2, -0.15) is 5.10 Å². The lowest BCUT2D eigenvalue weighted by atomic mass is 9.99. The summed E-state index contributed by atoms with van der Waals surface area (Å²) < 4.78 is 1.77. The van der Waals surface area contributed by atoms with E-state index in [0.717, 1.165) is 32.4 Å². The molecule has 9 heteroatoms. The lowest BCUT2D eigenvalue weighted by molar-refractivity contribution is 0.657. The molecule has 0 fully saturated rings. The van der Waals surface area contributed by atoms with Crippen molar-refractivity contribution in [2.24, 2.45) is 12.0 Å². The van der Waals surface area contributed by atoms with Crippen LogP contribution < -0.4 is 21.3 Å². The zero-order valence-corrected chi connectivity index (χ0v) is 15.0. The third kappa shape index (κ3) is 3.36. The molecule has 0 saturated heterocycles. The summed E-state index contributed by atoms with van der Waals surface area (Å²) in [6.07, 6.45) is 5.86. The van der Waals surface area contributed by atoms with E-state index in [1.54, 1.807) is 10.9 Å². The maximum absolute atomic E-state index is 4.68. The van der Waals surface area contributed by atoms with Gasteiger partial charge in [0.05, 0.1) is 34.7 Å². The van der Waals surface area contributed by atoms with Crippen molar-refractivity contribution in [1.29, 1.82) is 0 Å². The highest BCUT2D eigenvalue weighted by atomic mass is 32.1. The minimum Gasteiger partial charge on any atom is -0.372 e. The number of nitrogens with zero attached hydrogens (tertiary/aromatic N) is 6. The molecule has 4 rings (SSSR count). The molecule has 0 aliphatic carbocycles. The fourth-order valence-electron chi connectivity index (χ4n) is 2.72. The van der Waals surface area contributed by atoms with E-state index in [-0.39, 0.29) is 5.54 Å². The van der Waals surface area contributed by atoms with Crippen LogP contribution in [0.15, 0.2) is 29.5 Å². The quantitative estimate of drug-likeness (QED) is 0.726. The molecule has 1 aliphatic rings. The van der Waals surface area contributed by atoms with Crippen molar-refractivity contribution in [1.82, 2.24) is 25.0 Å². The summed E-state index contributed by atoms with van der Waals surface area (Å²) in [7, 11) is 1.90. The van der Waals surface area contributed by atoms with Crippen LogP contribution in [0.2, 0.25) is 0 Å². The average Bonchev–Trinajstić information content (AvgIpc) is 3.15. The largest absolute Gasteiger partial charge is 0.372 e. The van der Waals surface area contributed by atoms with Crippen LogP contribution in [-0.4, -0.2) is 37.0 Å². The van der Waals surface area contributed by atoms with Crippen molar-refractivity contribution in [3.8, 4) is 0 Å². The van der Waals surface area contributed by atoms with Gasteiger partial charge < -0.3 is 10.6 Å². The Hall–Kier alpha value is -2.81. The highest BCUT2D eigenvalue weighted by Crippen LogP contribution is 2.19. The molecule has 0 saturated carbocycles. The van der Waals surface area contributed by atoms with Gasteiger partial charge in [-0.15, -0.1) is 10.2 Å². The molecule has 0 bridgehead atoms. The second-order valence-corrected chi connectivity index (χ2v) is 7.44. The number of hydrogen-bond donors (Lipinski definition) is 2. The molecule has 4 heterocycles. The smallest absolute Gasteiger partial charge is 0.211 e. The minimum absolute atomic E-state index is 0.318. The van der Waals surface area contributed by atoms with Gasteiger partial charge in [-0.3, -0.25) is 9.67 Å². The van der Waals surface area contributed by atoms with Gasteiger partial charge in [-0.1, -0.05) is 11.3 Å². The first-order chi connectivity index (χ1) is 12.0. The lowest BCUT2D eigenvalue weighted by Gasteiger charge is -2.27. The Morgan fingerprint density at radius 1 is 1.28 bits per heavy atom. The van der Waals surface area contributed by atoms with Crippen LogP contribution in [0.1, 0.15) is 11.9 Å². The first-order valence-corrected chi connectivity index (χ1v) is 8.69. The number of hydrogen-bond acceptors (Lipinski definition) is 8. The van der Waals surface area contributed by atoms with Crippen LogP contribution in [0.4, 0.5) is 16.6 Å². The molecule has 3 aromatic heterocycles. The molecule has 0 spiro atoms. The first kappa shape index (κ1) is 15.7. The Morgan fingerprint density at radius 2 is 2.16 bits per heavy atom. The summed E-state index contributed by atoms with van der Waals surface area (Å²) in [5, 5.41) is 22.3. The van der Waals surface area contributed by atoms with Crippen LogP contribution in [0, 0.1) is 6.92 Å². The minimum atomic E-state index is -0.318. The molecule has 128 valence electrons. The van der Waals surface area contributed by atoms with Gasteiger partial charge in [-0.25, -0.2) is 4.98 Å². The van der Waals surface area contributed by atoms with Crippen molar-refractivity contribution < 1.29 is 0 Å². The van der Waals surface area contributed by atoms with Crippen molar-refractivity contribution in [2.45, 2.75) is 19.4 Å². The van der Waals surface area contributed by atoms with Crippen molar-refractivity contribution in [3.05, 3.63) is 40.2 Å². The number of nitrogens with one attached hydrogen (secondary N) is 2. The molecule has 0 aromatic carbocycles. The van der Waals surface area contributed by atoms with Crippen LogP contribution >= 0.6 is 11.3 Å². The Morgan fingerprint density at radius 3 is 2.88 bits per heavy atom. The topological polar surface area (TPSA) is 92.9 Å². The Bertz CT molecular complexity index is 1040. The van der Waals surface area contributed by atoms with E-state index >= 15 is 0 Å². The van der Waals surface area contributed by atoms with Gasteiger partial charge in [0.1, 0.15) is 10.8 Å². The second-order valence-electron chi connectivity index (χ2n) is 6.26. The molecule has 0 radical (unpaired) electrons. The Labute approximate surface area is 148 Å². The highest BCUT2D eigenvalue weighted by molar-refractivity contribution is 7.15. The summed E-state index contributed by atoms with van der Waals surface area (Å²) >= 11 is 1.50. The Balaban J connectivity index is 1.64. The van der Waals surface area contributed by atoms with Crippen molar-refractivity contribution in [2.75, 3.05) is 17.2 Å². The van der Waals surface area contributed by atoms with Gasteiger partial charge >= 0.3 is 0 Å². The fourth-order valence-corrected chi connectivity index (χ4v) is 3.32. The van der Waals surface area contributed by atoms with Crippen LogP contribution in [0.3, 0.4) is 0 Å². The summed E-state index contributed by atoms with van der Waals surface area (Å²) in [4.78, 5) is 9.34. The zero-order chi connectivity index (χ0) is 17.4. The highest BCUT2D eigenvalue weighted by Gasteiger charge is 2.24. The van der Waals surface area contributed by atoms with Crippen LogP contribution in [-0.2, 0) is 7.05 Å². The number of pyridine rings is 1. The summed E-state index contributed by atoms with van der Waals surface area (Å²) in [6, 6.07) is 3.88. The number of fused-ring (bicyclic) bond motifs is 1. The maximum Gasteiger partial charge on any atom is 0.211 e. The van der Waals surface area contributed by atoms with Gasteiger partial charge in [0, 0.05) is 13.2 Å². The van der Waals surface area contributed by atoms with E-state index in [9.17, 15) is 0 Å². The number of aryl methyl sites for hydroxylation is 2. The molecule has 1 unspecified atom stereocenters. The van der Waals surface area contributed by atoms with Crippen molar-refractivity contribution >= 4 is 34.0 Å². The molecule has 1 aliphatic heterocycles. The summed E-state index contributed by atoms with van der Waals surface area (Å²) in [5.74, 6) is 0.729. The van der Waals surface area contributed by atoms with Gasteiger partial charge in [0.15, 0.2) is 0 Å². The predicted octanol–water partition coefficient (Wildman–Crippen LogP) is 1.00. The number of aromatic nitrogens is 5. The molecule has 1 atom stereocenters. The maximum atomic E-state index is 4.68. The second kappa shape index (κ2) is 5.92. The predicted molar refractivity (Wildman–Crippen MR) is 97.5 cm³/mol. The molecule has 3 aromatic rings. The first-order valence-electron chi connectivity index (χ1n) is 7.88. The van der Waals surface area contributed by atoms with Crippen LogP contribution in [0.25, 0.3) is 6.08 Å². The van der Waals surface area contributed by atoms with Gasteiger partial charge in [0.2, 0.25) is 5.13 Å². The Kier molecular flexibility index (Phi) is 3.72. The third-order valence-electron chi connectivity index (χ3n) is 3.83. The SMILES string of the molecule is Cc1nnc(Nc2ccc3c(n2)=CC(C)(Nc2cnn(C)c2)CN=3)s1. The van der Waals surface area contributed by atoms with Crippen molar-refractivity contribution in [3.63, 3.8) is 0 Å². The van der Waals surface area contributed by atoms with E-state index in [1.807, 2.05) is 32.3 Å². The standard InChI is InChI=1S/C16H18N8S/c1-10-22-23-15(25-10)20-14-5-4-12-13(19-14)6-16(2,9-17-12)21-11-7-18-24(3)8-11/h4-8,21H,9H2,1-3H3,(H,19,20,23). The van der Waals surface area contributed by atoms with E-state index in [1.165, 1.54) is 11.3 Å². The summed E-state index contributed by atoms with van der Waals surface area (Å²) in [5.41, 5.74) is 0.638. The van der Waals surface area contributed by atoms with E-state index in [2.05, 4.69) is 48.9 Å². The molecular formula is C16H18N8S. The van der Waals surface area contributed by atoms with E-state index in [0.29, 0.717) is 6.54 Å². The van der Waals surface area contributed by atoms with Gasteiger partial charge in [0.25, 0.3) is 0 Å². The van der Waals surface area contributed by atoms with Crippen LogP contribution in [0.5, 0.6) is 0 Å². The van der Waals surface area contributed by atoms with E-state index in [4.69, 9.17) is 0 Å². The lowest BCUT2D eigenvalue weighted by Crippen LogP contribution is -2.46. The van der Waals surface area contributed by atoms with E-state index < -0.39 is 0 Å². The fraction of sp³-hybridized carbons (Fsp3) is 0.312.